The van der Waals surface area contributed by atoms with Crippen LogP contribution < -0.4 is 5.73 Å². The smallest absolute Gasteiger partial charge is 0.140 e. The molecule has 0 saturated heterocycles. The van der Waals surface area contributed by atoms with Crippen molar-refractivity contribution in [2.75, 3.05) is 5.73 Å². The second-order valence-corrected chi connectivity index (χ2v) is 4.99. The third-order valence-electron chi connectivity index (χ3n) is 3.38. The van der Waals surface area contributed by atoms with Crippen LogP contribution in [0, 0.1) is 0 Å². The lowest BCUT2D eigenvalue weighted by Crippen LogP contribution is -1.94. The van der Waals surface area contributed by atoms with E-state index in [4.69, 9.17) is 17.3 Å². The highest BCUT2D eigenvalue weighted by atomic mass is 35.5. The Balaban J connectivity index is 2.35. The van der Waals surface area contributed by atoms with Crippen molar-refractivity contribution in [3.63, 3.8) is 0 Å². The topological polar surface area (TPSA) is 43.3 Å². The quantitative estimate of drug-likeness (QED) is 0.525. The van der Waals surface area contributed by atoms with E-state index in [9.17, 15) is 0 Å². The van der Waals surface area contributed by atoms with E-state index in [0.717, 1.165) is 27.6 Å². The summed E-state index contributed by atoms with van der Waals surface area (Å²) in [5, 5.41) is 1.63. The average molecular weight is 268 g/mol. The van der Waals surface area contributed by atoms with Crippen LogP contribution in [0.5, 0.6) is 0 Å². The largest absolute Gasteiger partial charge is 0.398 e. The number of nitrogens with two attached hydrogens (primary N) is 1. The molecular weight excluding hydrogens is 258 g/mol. The van der Waals surface area contributed by atoms with E-state index in [1.165, 1.54) is 0 Å². The summed E-state index contributed by atoms with van der Waals surface area (Å²) in [6.45, 7) is 0. The zero-order valence-electron chi connectivity index (χ0n) is 9.97. The zero-order chi connectivity index (χ0) is 13.0. The minimum atomic E-state index is 0.683. The average Bonchev–Trinajstić information content (AvgIpc) is 2.77. The maximum atomic E-state index is 6.10. The number of hydrogen-bond donors (Lipinski definition) is 1. The van der Waals surface area contributed by atoms with Gasteiger partial charge < -0.3 is 5.73 Å². The molecule has 0 aliphatic heterocycles. The molecule has 0 unspecified atom stereocenters. The Kier molecular flexibility index (Phi) is 2.03. The molecule has 4 heteroatoms. The van der Waals surface area contributed by atoms with E-state index in [2.05, 4.69) is 15.5 Å². The maximum Gasteiger partial charge on any atom is 0.140 e. The number of nitrogens with zero attached hydrogens (tertiary/aromatic N) is 2. The number of pyridine rings is 1. The second-order valence-electron chi connectivity index (χ2n) is 4.56. The normalized spacial score (nSPS) is 11.6. The fraction of sp³-hybridized carbons (Fsp3) is 0. The molecule has 2 aromatic heterocycles. The van der Waals surface area contributed by atoms with Crippen molar-refractivity contribution < 1.29 is 0 Å². The number of fused-ring (bicyclic) bond motifs is 5. The summed E-state index contributed by atoms with van der Waals surface area (Å²) in [6, 6.07) is 15.7. The molecule has 2 heterocycles. The van der Waals surface area contributed by atoms with Gasteiger partial charge in [0.2, 0.25) is 0 Å². The molecule has 0 fully saturated rings. The van der Waals surface area contributed by atoms with Gasteiger partial charge in [-0.1, -0.05) is 23.7 Å². The predicted octanol–water partition coefficient (Wildman–Crippen LogP) is 3.88. The lowest BCUT2D eigenvalue weighted by Gasteiger charge is -2.06. The molecule has 0 amide bonds. The lowest BCUT2D eigenvalue weighted by atomic mass is 10.2. The predicted molar refractivity (Wildman–Crippen MR) is 79.6 cm³/mol. The maximum absolute atomic E-state index is 6.10. The van der Waals surface area contributed by atoms with E-state index in [1.807, 2.05) is 42.5 Å². The van der Waals surface area contributed by atoms with Crippen molar-refractivity contribution in [1.82, 2.24) is 9.38 Å². The molecule has 2 aromatic carbocycles. The first-order valence-electron chi connectivity index (χ1n) is 5.99. The number of anilines is 1. The number of para-hydroxylation sites is 2. The highest BCUT2D eigenvalue weighted by molar-refractivity contribution is 6.31. The Hall–Kier alpha value is -2.26. The molecule has 2 N–H and O–H groups in total. The van der Waals surface area contributed by atoms with Crippen molar-refractivity contribution >= 4 is 44.9 Å². The van der Waals surface area contributed by atoms with Gasteiger partial charge in [-0.2, -0.15) is 0 Å². The van der Waals surface area contributed by atoms with Gasteiger partial charge in [0, 0.05) is 22.2 Å². The van der Waals surface area contributed by atoms with Crippen LogP contribution in [0.1, 0.15) is 0 Å². The zero-order valence-corrected chi connectivity index (χ0v) is 10.7. The van der Waals surface area contributed by atoms with Gasteiger partial charge in [-0.25, -0.2) is 4.98 Å². The van der Waals surface area contributed by atoms with Crippen LogP contribution in [0.15, 0.2) is 48.5 Å². The number of aromatic nitrogens is 2. The van der Waals surface area contributed by atoms with Crippen LogP contribution in [-0.4, -0.2) is 9.38 Å². The van der Waals surface area contributed by atoms with Crippen molar-refractivity contribution in [3.8, 4) is 0 Å². The minimum absolute atomic E-state index is 0.683. The van der Waals surface area contributed by atoms with E-state index >= 15 is 0 Å². The van der Waals surface area contributed by atoms with Crippen molar-refractivity contribution in [1.29, 1.82) is 0 Å². The van der Waals surface area contributed by atoms with Crippen LogP contribution >= 0.6 is 11.6 Å². The van der Waals surface area contributed by atoms with E-state index in [1.54, 1.807) is 0 Å². The van der Waals surface area contributed by atoms with Gasteiger partial charge in [-0.15, -0.1) is 0 Å². The fourth-order valence-corrected chi connectivity index (χ4v) is 2.72. The summed E-state index contributed by atoms with van der Waals surface area (Å²) in [5.41, 5.74) is 10.7. The molecule has 92 valence electrons. The van der Waals surface area contributed by atoms with Gasteiger partial charge in [0.25, 0.3) is 0 Å². The minimum Gasteiger partial charge on any atom is -0.398 e. The highest BCUT2D eigenvalue weighted by Gasteiger charge is 2.10. The second kappa shape index (κ2) is 3.62. The summed E-state index contributed by atoms with van der Waals surface area (Å²) >= 11 is 6.05. The number of halogens is 1. The number of hydrogen-bond acceptors (Lipinski definition) is 2. The van der Waals surface area contributed by atoms with Gasteiger partial charge in [0.1, 0.15) is 5.65 Å². The molecule has 4 rings (SSSR count). The highest BCUT2D eigenvalue weighted by Crippen LogP contribution is 2.29. The third-order valence-corrected chi connectivity index (χ3v) is 3.62. The van der Waals surface area contributed by atoms with Gasteiger partial charge in [0.05, 0.1) is 16.6 Å². The van der Waals surface area contributed by atoms with Crippen LogP contribution in [0.25, 0.3) is 27.6 Å². The molecule has 0 bridgehead atoms. The first-order chi connectivity index (χ1) is 9.24. The van der Waals surface area contributed by atoms with E-state index < -0.39 is 0 Å². The van der Waals surface area contributed by atoms with Gasteiger partial charge in [-0.3, -0.25) is 4.40 Å². The summed E-state index contributed by atoms with van der Waals surface area (Å²) < 4.78 is 2.11. The molecule has 0 spiro atoms. The Bertz CT molecular complexity index is 940. The summed E-state index contributed by atoms with van der Waals surface area (Å²) in [7, 11) is 0. The van der Waals surface area contributed by atoms with Crippen molar-refractivity contribution in [2.45, 2.75) is 0 Å². The standard InChI is InChI=1S/C15H10ClN3/c16-9-5-6-13-10(7-9)11(17)8-15-18-12-3-1-2-4-14(12)19(13)15/h1-8H,17H2. The molecular formula is C15H10ClN3. The van der Waals surface area contributed by atoms with Crippen LogP contribution in [-0.2, 0) is 0 Å². The SMILES string of the molecule is Nc1cc2nc3ccccc3n2c2ccc(Cl)cc12. The van der Waals surface area contributed by atoms with Crippen molar-refractivity contribution in [2.24, 2.45) is 0 Å². The molecule has 0 radical (unpaired) electrons. The number of rotatable bonds is 0. The van der Waals surface area contributed by atoms with Crippen LogP contribution in [0.3, 0.4) is 0 Å². The van der Waals surface area contributed by atoms with Gasteiger partial charge in [-0.05, 0) is 30.3 Å². The fourth-order valence-electron chi connectivity index (χ4n) is 2.55. The summed E-state index contributed by atoms with van der Waals surface area (Å²) in [5.74, 6) is 0. The Morgan fingerprint density at radius 3 is 2.74 bits per heavy atom. The Morgan fingerprint density at radius 2 is 1.84 bits per heavy atom. The molecule has 0 atom stereocenters. The molecule has 0 saturated carbocycles. The molecule has 3 nitrogen and oxygen atoms in total. The Labute approximate surface area is 114 Å². The first-order valence-corrected chi connectivity index (χ1v) is 6.37. The third kappa shape index (κ3) is 1.42. The van der Waals surface area contributed by atoms with Gasteiger partial charge in [0.15, 0.2) is 0 Å². The number of imidazole rings is 1. The molecule has 0 aliphatic rings. The number of nitrogen functional groups attached to an aromatic ring is 1. The lowest BCUT2D eigenvalue weighted by molar-refractivity contribution is 1.30. The Morgan fingerprint density at radius 1 is 1.00 bits per heavy atom. The monoisotopic (exact) mass is 267 g/mol. The first kappa shape index (κ1) is 10.6. The van der Waals surface area contributed by atoms with Crippen LogP contribution in [0.4, 0.5) is 5.69 Å². The van der Waals surface area contributed by atoms with E-state index in [-0.39, 0.29) is 0 Å². The number of benzene rings is 2. The summed E-state index contributed by atoms with van der Waals surface area (Å²) in [6.07, 6.45) is 0. The van der Waals surface area contributed by atoms with Gasteiger partial charge >= 0.3 is 0 Å². The van der Waals surface area contributed by atoms with Crippen molar-refractivity contribution in [3.05, 3.63) is 53.6 Å². The van der Waals surface area contributed by atoms with E-state index in [0.29, 0.717) is 10.7 Å². The van der Waals surface area contributed by atoms with Crippen LogP contribution in [0.2, 0.25) is 5.02 Å². The molecule has 0 aliphatic carbocycles. The molecule has 19 heavy (non-hydrogen) atoms. The summed E-state index contributed by atoms with van der Waals surface area (Å²) in [4.78, 5) is 4.60. The molecule has 4 aromatic rings.